The van der Waals surface area contributed by atoms with E-state index in [1.54, 1.807) is 40.0 Å². The third-order valence-electron chi connectivity index (χ3n) is 4.61. The fourth-order valence-corrected chi connectivity index (χ4v) is 3.11. The molecule has 1 fully saturated rings. The van der Waals surface area contributed by atoms with E-state index in [9.17, 15) is 9.59 Å². The van der Waals surface area contributed by atoms with Gasteiger partial charge in [-0.05, 0) is 57.7 Å². The predicted octanol–water partition coefficient (Wildman–Crippen LogP) is 3.35. The number of rotatable bonds is 4. The second-order valence-electron chi connectivity index (χ2n) is 8.01. The number of hydrogen-bond donors (Lipinski definition) is 0. The number of carbonyl (C=O) groups excluding carboxylic acids is 2. The van der Waals surface area contributed by atoms with E-state index in [1.165, 1.54) is 4.90 Å². The summed E-state index contributed by atoms with van der Waals surface area (Å²) in [7, 11) is 1.62. The van der Waals surface area contributed by atoms with E-state index < -0.39 is 17.7 Å². The molecule has 2 rings (SSSR count). The fourth-order valence-electron chi connectivity index (χ4n) is 3.11. The number of nitrogens with zero attached hydrogens (tertiary/aromatic N) is 3. The lowest BCUT2D eigenvalue weighted by atomic mass is 10.0. The second kappa shape index (κ2) is 8.90. The van der Waals surface area contributed by atoms with Gasteiger partial charge in [0.1, 0.15) is 11.6 Å². The number of hydrogen-bond acceptors (Lipinski definition) is 4. The van der Waals surface area contributed by atoms with Crippen LogP contribution in [0.5, 0.6) is 0 Å². The molecule has 0 saturated carbocycles. The molecule has 1 aliphatic heterocycles. The minimum Gasteiger partial charge on any atom is -0.444 e. The number of likely N-dealkylation sites (tertiary alicyclic amines) is 1. The number of piperidine rings is 1. The van der Waals surface area contributed by atoms with Gasteiger partial charge in [0.25, 0.3) is 0 Å². The van der Waals surface area contributed by atoms with Gasteiger partial charge in [0.2, 0.25) is 5.91 Å². The normalized spacial score (nSPS) is 15.6. The van der Waals surface area contributed by atoms with Gasteiger partial charge in [-0.25, -0.2) is 4.79 Å². The Balaban J connectivity index is 2.21. The molecule has 1 heterocycles. The minimum absolute atomic E-state index is 0.0487. The van der Waals surface area contributed by atoms with Crippen LogP contribution in [0.15, 0.2) is 24.3 Å². The molecule has 0 N–H and O–H groups in total. The maximum Gasteiger partial charge on any atom is 0.410 e. The van der Waals surface area contributed by atoms with Crippen molar-refractivity contribution in [1.29, 1.82) is 5.26 Å². The van der Waals surface area contributed by atoms with Crippen molar-refractivity contribution in [1.82, 2.24) is 9.80 Å². The van der Waals surface area contributed by atoms with Gasteiger partial charge in [0.05, 0.1) is 11.6 Å². The van der Waals surface area contributed by atoms with Crippen LogP contribution in [-0.2, 0) is 16.0 Å². The molecule has 0 bridgehead atoms. The van der Waals surface area contributed by atoms with E-state index in [4.69, 9.17) is 10.00 Å². The molecule has 6 heteroatoms. The van der Waals surface area contributed by atoms with Crippen molar-refractivity contribution in [2.24, 2.45) is 0 Å². The van der Waals surface area contributed by atoms with E-state index in [2.05, 4.69) is 6.07 Å². The van der Waals surface area contributed by atoms with Gasteiger partial charge in [-0.2, -0.15) is 5.26 Å². The first-order valence-corrected chi connectivity index (χ1v) is 9.45. The Morgan fingerprint density at radius 3 is 2.30 bits per heavy atom. The highest BCUT2D eigenvalue weighted by Gasteiger charge is 2.33. The molecule has 0 aromatic heterocycles. The van der Waals surface area contributed by atoms with Gasteiger partial charge in [0.15, 0.2) is 0 Å². The third kappa shape index (κ3) is 5.99. The number of benzene rings is 1. The lowest BCUT2D eigenvalue weighted by molar-refractivity contribution is -0.137. The second-order valence-corrected chi connectivity index (χ2v) is 8.01. The molecule has 1 aromatic carbocycles. The van der Waals surface area contributed by atoms with Crippen LogP contribution in [0.3, 0.4) is 0 Å². The number of likely N-dealkylation sites (N-methyl/N-ethyl adjacent to an activating group) is 1. The fraction of sp³-hybridized carbons (Fsp3) is 0.571. The van der Waals surface area contributed by atoms with Crippen molar-refractivity contribution in [3.05, 3.63) is 35.4 Å². The van der Waals surface area contributed by atoms with Crippen LogP contribution < -0.4 is 0 Å². The minimum atomic E-state index is -0.633. The molecule has 0 unspecified atom stereocenters. The largest absolute Gasteiger partial charge is 0.444 e. The molecule has 0 aliphatic carbocycles. The van der Waals surface area contributed by atoms with Crippen molar-refractivity contribution in [3.63, 3.8) is 0 Å². The standard InChI is InChI=1S/C21H29N3O3/c1-21(2,3)27-20(26)23(4)18(19(25)24-12-6-5-7-13-24)14-16-8-10-17(15-22)11-9-16/h8-11,18H,5-7,12-14H2,1-4H3/t18-/m0/s1. The maximum atomic E-state index is 13.2. The molecule has 0 radical (unpaired) electrons. The Labute approximate surface area is 161 Å². The summed E-state index contributed by atoms with van der Waals surface area (Å²) in [6, 6.07) is 8.57. The van der Waals surface area contributed by atoms with Crippen molar-refractivity contribution in [3.8, 4) is 6.07 Å². The molecule has 27 heavy (non-hydrogen) atoms. The van der Waals surface area contributed by atoms with Crippen LogP contribution in [0, 0.1) is 11.3 Å². The first-order valence-electron chi connectivity index (χ1n) is 9.45. The quantitative estimate of drug-likeness (QED) is 0.813. The Morgan fingerprint density at radius 1 is 1.19 bits per heavy atom. The van der Waals surface area contributed by atoms with Gasteiger partial charge in [-0.15, -0.1) is 0 Å². The number of amides is 2. The maximum absolute atomic E-state index is 13.2. The summed E-state index contributed by atoms with van der Waals surface area (Å²) < 4.78 is 5.47. The zero-order valence-corrected chi connectivity index (χ0v) is 16.7. The highest BCUT2D eigenvalue weighted by molar-refractivity contribution is 5.86. The zero-order chi connectivity index (χ0) is 20.0. The van der Waals surface area contributed by atoms with E-state index in [0.29, 0.717) is 12.0 Å². The molecule has 0 spiro atoms. The Morgan fingerprint density at radius 2 is 1.78 bits per heavy atom. The highest BCUT2D eigenvalue weighted by atomic mass is 16.6. The molecule has 6 nitrogen and oxygen atoms in total. The lowest BCUT2D eigenvalue weighted by Crippen LogP contribution is -2.52. The average molecular weight is 371 g/mol. The van der Waals surface area contributed by atoms with Crippen LogP contribution in [0.25, 0.3) is 0 Å². The van der Waals surface area contributed by atoms with Gasteiger partial charge >= 0.3 is 6.09 Å². The van der Waals surface area contributed by atoms with Crippen molar-refractivity contribution < 1.29 is 14.3 Å². The molecule has 1 aromatic rings. The van der Waals surface area contributed by atoms with Gasteiger partial charge < -0.3 is 9.64 Å². The van der Waals surface area contributed by atoms with E-state index in [-0.39, 0.29) is 5.91 Å². The average Bonchev–Trinajstić information content (AvgIpc) is 2.65. The summed E-state index contributed by atoms with van der Waals surface area (Å²) in [6.45, 7) is 6.87. The van der Waals surface area contributed by atoms with Gasteiger partial charge in [-0.3, -0.25) is 9.69 Å². The summed E-state index contributed by atoms with van der Waals surface area (Å²) >= 11 is 0. The number of ether oxygens (including phenoxy) is 1. The molecule has 146 valence electrons. The lowest BCUT2D eigenvalue weighted by Gasteiger charge is -2.35. The molecular formula is C21H29N3O3. The molecule has 1 atom stereocenters. The summed E-state index contributed by atoms with van der Waals surface area (Å²) in [4.78, 5) is 29.0. The first kappa shape index (κ1) is 20.8. The SMILES string of the molecule is CN(C(=O)OC(C)(C)C)[C@@H](Cc1ccc(C#N)cc1)C(=O)N1CCCCC1. The van der Waals surface area contributed by atoms with E-state index >= 15 is 0 Å². The van der Waals surface area contributed by atoms with Crippen molar-refractivity contribution >= 4 is 12.0 Å². The van der Waals surface area contributed by atoms with E-state index in [1.807, 2.05) is 17.0 Å². The predicted molar refractivity (Wildman–Crippen MR) is 103 cm³/mol. The zero-order valence-electron chi connectivity index (χ0n) is 16.7. The summed E-state index contributed by atoms with van der Waals surface area (Å²) in [6.07, 6.45) is 2.99. The Hall–Kier alpha value is -2.55. The smallest absolute Gasteiger partial charge is 0.410 e. The third-order valence-corrected chi connectivity index (χ3v) is 4.61. The highest BCUT2D eigenvalue weighted by Crippen LogP contribution is 2.18. The summed E-state index contributed by atoms with van der Waals surface area (Å²) in [5.74, 6) is -0.0487. The van der Waals surface area contributed by atoms with Crippen LogP contribution in [0.2, 0.25) is 0 Å². The summed E-state index contributed by atoms with van der Waals surface area (Å²) in [5, 5.41) is 8.96. The Kier molecular flexibility index (Phi) is 6.84. The topological polar surface area (TPSA) is 73.6 Å². The van der Waals surface area contributed by atoms with Gasteiger partial charge in [-0.1, -0.05) is 12.1 Å². The van der Waals surface area contributed by atoms with Crippen molar-refractivity contribution in [2.45, 2.75) is 58.1 Å². The molecule has 1 aliphatic rings. The Bertz CT molecular complexity index is 695. The molecule has 1 saturated heterocycles. The van der Waals surface area contributed by atoms with Crippen LogP contribution in [0.4, 0.5) is 4.79 Å². The van der Waals surface area contributed by atoms with Gasteiger partial charge in [0, 0.05) is 26.6 Å². The van der Waals surface area contributed by atoms with Crippen LogP contribution in [0.1, 0.15) is 51.2 Å². The monoisotopic (exact) mass is 371 g/mol. The number of nitriles is 1. The van der Waals surface area contributed by atoms with E-state index in [0.717, 1.165) is 37.9 Å². The van der Waals surface area contributed by atoms with Crippen LogP contribution in [-0.4, -0.2) is 53.6 Å². The number of carbonyl (C=O) groups is 2. The van der Waals surface area contributed by atoms with Crippen molar-refractivity contribution in [2.75, 3.05) is 20.1 Å². The first-order chi connectivity index (χ1) is 12.7. The summed E-state index contributed by atoms with van der Waals surface area (Å²) in [5.41, 5.74) is 0.844. The molecule has 2 amide bonds. The molecular weight excluding hydrogens is 342 g/mol. The van der Waals surface area contributed by atoms with Crippen LogP contribution >= 0.6 is 0 Å².